The molecule has 2 aromatic carbocycles. The van der Waals surface area contributed by atoms with Gasteiger partial charge in [0.05, 0.1) is 58.0 Å². The number of H-pyrrole nitrogens is 1. The Hall–Kier alpha value is -3.07. The molecular formula is C24H28N2O6. The molecule has 0 aliphatic carbocycles. The van der Waals surface area contributed by atoms with E-state index in [0.717, 1.165) is 33.6 Å². The quantitative estimate of drug-likeness (QED) is 0.590. The van der Waals surface area contributed by atoms with Crippen LogP contribution in [0.5, 0.6) is 5.75 Å². The van der Waals surface area contributed by atoms with Gasteiger partial charge in [-0.3, -0.25) is 0 Å². The summed E-state index contributed by atoms with van der Waals surface area (Å²) in [6.45, 7) is 4.33. The number of rotatable bonds is 2. The van der Waals surface area contributed by atoms with E-state index in [9.17, 15) is 4.79 Å². The second-order valence-electron chi connectivity index (χ2n) is 7.30. The average Bonchev–Trinajstić information content (AvgIpc) is 3.24. The number of fused-ring (bicyclic) bond motifs is 2. The van der Waals surface area contributed by atoms with Gasteiger partial charge in [-0.2, -0.15) is 0 Å². The zero-order valence-electron chi connectivity index (χ0n) is 18.1. The normalized spacial score (nSPS) is 16.2. The molecule has 0 saturated carbocycles. The van der Waals surface area contributed by atoms with E-state index < -0.39 is 0 Å². The molecule has 0 saturated heterocycles. The number of carbonyl (C=O) groups is 1. The Morgan fingerprint density at radius 2 is 1.62 bits per heavy atom. The van der Waals surface area contributed by atoms with Gasteiger partial charge in [0.2, 0.25) is 0 Å². The van der Waals surface area contributed by atoms with Gasteiger partial charge in [-0.1, -0.05) is 12.1 Å². The third-order valence-electron chi connectivity index (χ3n) is 5.13. The highest BCUT2D eigenvalue weighted by Crippen LogP contribution is 2.32. The van der Waals surface area contributed by atoms with E-state index >= 15 is 0 Å². The largest absolute Gasteiger partial charge is 0.489 e. The Balaban J connectivity index is 1.56. The smallest absolute Gasteiger partial charge is 0.337 e. The first-order valence-corrected chi connectivity index (χ1v) is 10.7. The van der Waals surface area contributed by atoms with Gasteiger partial charge in [0, 0.05) is 28.7 Å². The fourth-order valence-corrected chi connectivity index (χ4v) is 3.49. The van der Waals surface area contributed by atoms with Gasteiger partial charge in [-0.25, -0.2) is 4.79 Å². The van der Waals surface area contributed by atoms with E-state index in [1.54, 1.807) is 12.1 Å². The van der Waals surface area contributed by atoms with Crippen LogP contribution in [-0.4, -0.2) is 70.9 Å². The summed E-state index contributed by atoms with van der Waals surface area (Å²) < 4.78 is 27.4. The van der Waals surface area contributed by atoms with Crippen molar-refractivity contribution in [3.05, 3.63) is 48.0 Å². The summed E-state index contributed by atoms with van der Waals surface area (Å²) in [5, 5.41) is 4.38. The maximum Gasteiger partial charge on any atom is 0.337 e. The van der Waals surface area contributed by atoms with Crippen molar-refractivity contribution in [2.45, 2.75) is 0 Å². The Morgan fingerprint density at radius 1 is 0.875 bits per heavy atom. The molecule has 1 aliphatic heterocycles. The van der Waals surface area contributed by atoms with Crippen LogP contribution in [0.15, 0.2) is 42.5 Å². The maximum absolute atomic E-state index is 11.8. The van der Waals surface area contributed by atoms with E-state index in [2.05, 4.69) is 16.4 Å². The molecule has 4 rings (SSSR count). The van der Waals surface area contributed by atoms with Crippen LogP contribution in [0.3, 0.4) is 0 Å². The molecule has 32 heavy (non-hydrogen) atoms. The monoisotopic (exact) mass is 440 g/mol. The molecule has 3 aromatic rings. The number of aromatic nitrogens is 1. The molecule has 170 valence electrons. The minimum atomic E-state index is -0.359. The van der Waals surface area contributed by atoms with Crippen LogP contribution in [0.25, 0.3) is 22.2 Å². The van der Waals surface area contributed by atoms with Gasteiger partial charge in [-0.15, -0.1) is 0 Å². The fourth-order valence-electron chi connectivity index (χ4n) is 3.49. The molecule has 0 atom stereocenters. The molecule has 1 aromatic heterocycles. The zero-order valence-corrected chi connectivity index (χ0v) is 18.1. The second kappa shape index (κ2) is 11.0. The molecule has 0 unspecified atom stereocenters. The van der Waals surface area contributed by atoms with Gasteiger partial charge in [0.25, 0.3) is 0 Å². The minimum Gasteiger partial charge on any atom is -0.489 e. The molecular weight excluding hydrogens is 412 g/mol. The van der Waals surface area contributed by atoms with Crippen LogP contribution in [0, 0.1) is 0 Å². The van der Waals surface area contributed by atoms with Crippen molar-refractivity contribution in [3.8, 4) is 17.0 Å². The number of methoxy groups -OCH3 is 1. The zero-order chi connectivity index (χ0) is 22.2. The van der Waals surface area contributed by atoms with Gasteiger partial charge in [-0.05, 0) is 30.3 Å². The summed E-state index contributed by atoms with van der Waals surface area (Å²) in [6, 6.07) is 13.5. The maximum atomic E-state index is 11.8. The first-order chi connectivity index (χ1) is 15.7. The van der Waals surface area contributed by atoms with Gasteiger partial charge < -0.3 is 34.0 Å². The van der Waals surface area contributed by atoms with E-state index in [0.29, 0.717) is 58.4 Å². The molecule has 0 radical (unpaired) electrons. The van der Waals surface area contributed by atoms with Crippen LogP contribution < -0.4 is 10.1 Å². The highest BCUT2D eigenvalue weighted by atomic mass is 16.6. The molecule has 0 spiro atoms. The van der Waals surface area contributed by atoms with Gasteiger partial charge in [0.15, 0.2) is 0 Å². The highest BCUT2D eigenvalue weighted by Gasteiger charge is 2.12. The van der Waals surface area contributed by atoms with Crippen molar-refractivity contribution in [2.24, 2.45) is 0 Å². The lowest BCUT2D eigenvalue weighted by atomic mass is 10.1. The third-order valence-corrected chi connectivity index (χ3v) is 5.13. The Morgan fingerprint density at radius 3 is 2.41 bits per heavy atom. The fraction of sp³-hybridized carbons (Fsp3) is 0.375. The Kier molecular flexibility index (Phi) is 7.60. The lowest BCUT2D eigenvalue weighted by molar-refractivity contribution is 0.0114. The lowest BCUT2D eigenvalue weighted by Gasteiger charge is -2.15. The van der Waals surface area contributed by atoms with Crippen LogP contribution >= 0.6 is 0 Å². The number of ether oxygens (including phenoxy) is 5. The first kappa shape index (κ1) is 22.1. The molecule has 8 heteroatoms. The summed E-state index contributed by atoms with van der Waals surface area (Å²) >= 11 is 0. The number of aromatic amines is 1. The van der Waals surface area contributed by atoms with E-state index in [-0.39, 0.29) is 5.97 Å². The molecule has 8 nitrogen and oxygen atoms in total. The van der Waals surface area contributed by atoms with Crippen LogP contribution in [0.2, 0.25) is 0 Å². The summed E-state index contributed by atoms with van der Waals surface area (Å²) in [4.78, 5) is 15.2. The molecule has 2 heterocycles. The van der Waals surface area contributed by atoms with Crippen molar-refractivity contribution in [1.29, 1.82) is 0 Å². The standard InChI is InChI=1S/C24H28N2O6/c1-28-24(27)19-3-2-17-14-21(26-22(17)15-19)18-4-5-20-23(16-18)32-13-12-31-11-10-30-9-8-29-7-6-25-20/h2-5,14-16,25-26H,6-13H2,1H3. The number of benzene rings is 2. The molecule has 0 fully saturated rings. The van der Waals surface area contributed by atoms with E-state index in [1.807, 2.05) is 24.3 Å². The number of hydrogen-bond acceptors (Lipinski definition) is 7. The van der Waals surface area contributed by atoms with Crippen LogP contribution in [0.4, 0.5) is 5.69 Å². The van der Waals surface area contributed by atoms with Crippen molar-refractivity contribution in [3.63, 3.8) is 0 Å². The predicted octanol–water partition coefficient (Wildman–Crippen LogP) is 3.48. The number of hydrogen-bond donors (Lipinski definition) is 2. The molecule has 0 bridgehead atoms. The summed E-state index contributed by atoms with van der Waals surface area (Å²) in [5.41, 5.74) is 4.18. The molecule has 2 N–H and O–H groups in total. The van der Waals surface area contributed by atoms with Crippen LogP contribution in [-0.2, 0) is 18.9 Å². The molecule has 0 amide bonds. The SMILES string of the molecule is COC(=O)c1ccc2cc(-c3ccc4c(c3)OCCOCCOCCOCCN4)[nH]c2c1. The topological polar surface area (TPSA) is 91.0 Å². The number of carbonyl (C=O) groups excluding carboxylic acids is 1. The number of esters is 1. The van der Waals surface area contributed by atoms with Crippen molar-refractivity contribution in [2.75, 3.05) is 65.2 Å². The van der Waals surface area contributed by atoms with Gasteiger partial charge >= 0.3 is 5.97 Å². The number of anilines is 1. The minimum absolute atomic E-state index is 0.359. The van der Waals surface area contributed by atoms with E-state index in [4.69, 9.17) is 23.7 Å². The van der Waals surface area contributed by atoms with Crippen molar-refractivity contribution in [1.82, 2.24) is 4.98 Å². The highest BCUT2D eigenvalue weighted by molar-refractivity contribution is 5.96. The van der Waals surface area contributed by atoms with Crippen molar-refractivity contribution < 1.29 is 28.5 Å². The Bertz CT molecular complexity index is 1050. The lowest BCUT2D eigenvalue weighted by Crippen LogP contribution is -2.13. The van der Waals surface area contributed by atoms with Crippen molar-refractivity contribution >= 4 is 22.6 Å². The summed E-state index contributed by atoms with van der Waals surface area (Å²) in [5.74, 6) is 0.383. The van der Waals surface area contributed by atoms with Gasteiger partial charge in [0.1, 0.15) is 12.4 Å². The van der Waals surface area contributed by atoms with Crippen LogP contribution in [0.1, 0.15) is 10.4 Å². The second-order valence-corrected chi connectivity index (χ2v) is 7.30. The summed E-state index contributed by atoms with van der Waals surface area (Å²) in [7, 11) is 1.38. The predicted molar refractivity (Wildman–Crippen MR) is 122 cm³/mol. The van der Waals surface area contributed by atoms with E-state index in [1.165, 1.54) is 7.11 Å². The average molecular weight is 440 g/mol. The first-order valence-electron chi connectivity index (χ1n) is 10.7. The Labute approximate surface area is 186 Å². The molecule has 1 aliphatic rings. The third kappa shape index (κ3) is 5.59. The number of nitrogens with one attached hydrogen (secondary N) is 2. The summed E-state index contributed by atoms with van der Waals surface area (Å²) in [6.07, 6.45) is 0.